The fraction of sp³-hybridized carbons (Fsp3) is 0.412. The van der Waals surface area contributed by atoms with E-state index >= 15 is 0 Å². The molecule has 0 aromatic heterocycles. The molecule has 0 saturated carbocycles. The largest absolute Gasteiger partial charge is 0.328 e. The van der Waals surface area contributed by atoms with Gasteiger partial charge in [0.05, 0.1) is 0 Å². The Kier molecular flexibility index (Phi) is 3.54. The molecule has 2 N–H and O–H groups in total. The average Bonchev–Trinajstić information content (AvgIpc) is 2.47. The van der Waals surface area contributed by atoms with Crippen molar-refractivity contribution in [2.75, 3.05) is 13.1 Å². The maximum atomic E-state index is 5.98. The smallest absolute Gasteiger partial charge is 0.0320 e. The Morgan fingerprint density at radius 3 is 2.47 bits per heavy atom. The Balaban J connectivity index is 1.83. The molecule has 1 fully saturated rings. The summed E-state index contributed by atoms with van der Waals surface area (Å²) in [5.41, 5.74) is 7.39. The highest BCUT2D eigenvalue weighted by Crippen LogP contribution is 2.26. The van der Waals surface area contributed by atoms with Gasteiger partial charge in [-0.25, -0.2) is 0 Å². The molecule has 0 aliphatic carbocycles. The van der Waals surface area contributed by atoms with E-state index in [0.717, 1.165) is 25.9 Å². The lowest BCUT2D eigenvalue weighted by Gasteiger charge is -2.35. The first-order valence-corrected chi connectivity index (χ1v) is 7.22. The second kappa shape index (κ2) is 5.32. The van der Waals surface area contributed by atoms with Gasteiger partial charge in [0.25, 0.3) is 0 Å². The Morgan fingerprint density at radius 1 is 1.05 bits per heavy atom. The molecule has 0 bridgehead atoms. The van der Waals surface area contributed by atoms with Crippen LogP contribution in [0.5, 0.6) is 0 Å². The molecule has 2 aromatic carbocycles. The van der Waals surface area contributed by atoms with Crippen LogP contribution in [0.3, 0.4) is 0 Å². The number of nitrogens with zero attached hydrogens (tertiary/aromatic N) is 1. The Morgan fingerprint density at radius 2 is 1.74 bits per heavy atom. The lowest BCUT2D eigenvalue weighted by molar-refractivity contribution is 0.163. The first-order valence-electron chi connectivity index (χ1n) is 7.22. The lowest BCUT2D eigenvalue weighted by atomic mass is 9.98. The first-order chi connectivity index (χ1) is 9.24. The number of rotatable bonds is 2. The van der Waals surface area contributed by atoms with E-state index in [0.29, 0.717) is 12.1 Å². The topological polar surface area (TPSA) is 29.3 Å². The molecule has 3 rings (SSSR count). The molecule has 2 nitrogen and oxygen atoms in total. The van der Waals surface area contributed by atoms with Crippen LogP contribution in [0.1, 0.15) is 31.4 Å². The van der Waals surface area contributed by atoms with Gasteiger partial charge in [-0.1, -0.05) is 36.4 Å². The van der Waals surface area contributed by atoms with Gasteiger partial charge in [-0.05, 0) is 42.2 Å². The molecule has 1 heterocycles. The number of likely N-dealkylation sites (tertiary alicyclic amines) is 1. The van der Waals surface area contributed by atoms with E-state index < -0.39 is 0 Å². The van der Waals surface area contributed by atoms with Crippen LogP contribution in [-0.2, 0) is 0 Å². The lowest BCUT2D eigenvalue weighted by Crippen LogP contribution is -2.40. The Bertz CT molecular complexity index is 556. The standard InChI is InChI=1S/C17H22N2/c1-13(19-10-8-17(18)9-11-19)15-7-6-14-4-2-3-5-16(14)12-15/h2-7,12-13,17H,8-11,18H2,1H3. The zero-order chi connectivity index (χ0) is 13.2. The maximum absolute atomic E-state index is 5.98. The van der Waals surface area contributed by atoms with E-state index in [9.17, 15) is 0 Å². The first kappa shape index (κ1) is 12.6. The molecule has 0 spiro atoms. The second-order valence-corrected chi connectivity index (χ2v) is 5.66. The molecule has 0 radical (unpaired) electrons. The molecule has 2 heteroatoms. The van der Waals surface area contributed by atoms with E-state index in [1.165, 1.54) is 16.3 Å². The zero-order valence-electron chi connectivity index (χ0n) is 11.5. The fourth-order valence-electron chi connectivity index (χ4n) is 2.99. The quantitative estimate of drug-likeness (QED) is 0.890. The van der Waals surface area contributed by atoms with E-state index in [4.69, 9.17) is 5.73 Å². The second-order valence-electron chi connectivity index (χ2n) is 5.66. The number of fused-ring (bicyclic) bond motifs is 1. The van der Waals surface area contributed by atoms with Crippen molar-refractivity contribution < 1.29 is 0 Å². The number of benzene rings is 2. The molecule has 1 unspecified atom stereocenters. The summed E-state index contributed by atoms with van der Waals surface area (Å²) in [6.07, 6.45) is 2.25. The van der Waals surface area contributed by atoms with Gasteiger partial charge in [0.1, 0.15) is 0 Å². The van der Waals surface area contributed by atoms with Crippen LogP contribution in [0, 0.1) is 0 Å². The maximum Gasteiger partial charge on any atom is 0.0320 e. The molecule has 0 amide bonds. The van der Waals surface area contributed by atoms with Gasteiger partial charge in [-0.15, -0.1) is 0 Å². The average molecular weight is 254 g/mol. The minimum Gasteiger partial charge on any atom is -0.328 e. The van der Waals surface area contributed by atoms with E-state index in [2.05, 4.69) is 54.3 Å². The van der Waals surface area contributed by atoms with Crippen molar-refractivity contribution in [1.82, 2.24) is 4.90 Å². The Hall–Kier alpha value is -1.38. The van der Waals surface area contributed by atoms with Gasteiger partial charge in [-0.3, -0.25) is 4.90 Å². The van der Waals surface area contributed by atoms with Crippen molar-refractivity contribution in [1.29, 1.82) is 0 Å². The van der Waals surface area contributed by atoms with Gasteiger partial charge in [0, 0.05) is 25.2 Å². The third kappa shape index (κ3) is 2.65. The highest BCUT2D eigenvalue weighted by atomic mass is 15.2. The summed E-state index contributed by atoms with van der Waals surface area (Å²) < 4.78 is 0. The molecule has 1 saturated heterocycles. The van der Waals surface area contributed by atoms with Crippen molar-refractivity contribution in [3.05, 3.63) is 48.0 Å². The third-order valence-electron chi connectivity index (χ3n) is 4.38. The van der Waals surface area contributed by atoms with Crippen molar-refractivity contribution in [3.63, 3.8) is 0 Å². The molecular formula is C17H22N2. The van der Waals surface area contributed by atoms with E-state index in [1.54, 1.807) is 0 Å². The predicted molar refractivity (Wildman–Crippen MR) is 81.1 cm³/mol. The van der Waals surface area contributed by atoms with E-state index in [1.807, 2.05) is 0 Å². The zero-order valence-corrected chi connectivity index (χ0v) is 11.5. The molecule has 1 atom stereocenters. The number of piperidine rings is 1. The van der Waals surface area contributed by atoms with Crippen LogP contribution in [-0.4, -0.2) is 24.0 Å². The van der Waals surface area contributed by atoms with Crippen LogP contribution in [0.15, 0.2) is 42.5 Å². The van der Waals surface area contributed by atoms with Crippen LogP contribution < -0.4 is 5.73 Å². The third-order valence-corrected chi connectivity index (χ3v) is 4.38. The number of hydrogen-bond acceptors (Lipinski definition) is 2. The summed E-state index contributed by atoms with van der Waals surface area (Å²) >= 11 is 0. The summed E-state index contributed by atoms with van der Waals surface area (Å²) in [5, 5.41) is 2.65. The summed E-state index contributed by atoms with van der Waals surface area (Å²) in [6.45, 7) is 4.55. The summed E-state index contributed by atoms with van der Waals surface area (Å²) in [5.74, 6) is 0. The molecule has 1 aliphatic heterocycles. The number of nitrogens with two attached hydrogens (primary N) is 1. The van der Waals surface area contributed by atoms with Crippen LogP contribution in [0.25, 0.3) is 10.8 Å². The van der Waals surface area contributed by atoms with Crippen molar-refractivity contribution in [2.24, 2.45) is 5.73 Å². The molecule has 1 aliphatic rings. The predicted octanol–water partition coefficient (Wildman–Crippen LogP) is 3.32. The monoisotopic (exact) mass is 254 g/mol. The van der Waals surface area contributed by atoms with Gasteiger partial charge in [-0.2, -0.15) is 0 Å². The molecule has 19 heavy (non-hydrogen) atoms. The molecule has 100 valence electrons. The molecular weight excluding hydrogens is 232 g/mol. The van der Waals surface area contributed by atoms with Crippen LogP contribution >= 0.6 is 0 Å². The molecule has 2 aromatic rings. The van der Waals surface area contributed by atoms with Crippen molar-refractivity contribution in [3.8, 4) is 0 Å². The fourth-order valence-corrected chi connectivity index (χ4v) is 2.99. The normalized spacial score (nSPS) is 19.7. The number of hydrogen-bond donors (Lipinski definition) is 1. The van der Waals surface area contributed by atoms with Crippen LogP contribution in [0.4, 0.5) is 0 Å². The van der Waals surface area contributed by atoms with Crippen LogP contribution in [0.2, 0.25) is 0 Å². The summed E-state index contributed by atoms with van der Waals surface area (Å²) in [4.78, 5) is 2.55. The van der Waals surface area contributed by atoms with Crippen molar-refractivity contribution >= 4 is 10.8 Å². The summed E-state index contributed by atoms with van der Waals surface area (Å²) in [6, 6.07) is 16.3. The van der Waals surface area contributed by atoms with Gasteiger partial charge in [0.2, 0.25) is 0 Å². The minimum atomic E-state index is 0.403. The van der Waals surface area contributed by atoms with Gasteiger partial charge >= 0.3 is 0 Å². The highest BCUT2D eigenvalue weighted by molar-refractivity contribution is 5.83. The van der Waals surface area contributed by atoms with E-state index in [-0.39, 0.29) is 0 Å². The summed E-state index contributed by atoms with van der Waals surface area (Å²) in [7, 11) is 0. The van der Waals surface area contributed by atoms with Gasteiger partial charge < -0.3 is 5.73 Å². The van der Waals surface area contributed by atoms with Crippen molar-refractivity contribution in [2.45, 2.75) is 31.8 Å². The Labute approximate surface area is 115 Å². The highest BCUT2D eigenvalue weighted by Gasteiger charge is 2.21. The van der Waals surface area contributed by atoms with Gasteiger partial charge in [0.15, 0.2) is 0 Å². The SMILES string of the molecule is CC(c1ccc2ccccc2c1)N1CCC(N)CC1. The minimum absolute atomic E-state index is 0.403.